The van der Waals surface area contributed by atoms with Gasteiger partial charge in [0.25, 0.3) is 0 Å². The number of hydrogen-bond acceptors (Lipinski definition) is 7. The van der Waals surface area contributed by atoms with Crippen molar-refractivity contribution in [2.75, 3.05) is 35.6 Å². The van der Waals surface area contributed by atoms with Crippen LogP contribution < -0.4 is 26.0 Å². The van der Waals surface area contributed by atoms with Crippen LogP contribution in [-0.4, -0.2) is 44.1 Å². The van der Waals surface area contributed by atoms with E-state index < -0.39 is 10.0 Å². The first-order chi connectivity index (χ1) is 17.4. The Bertz CT molecular complexity index is 1410. The minimum atomic E-state index is -3.61. The zero-order valence-electron chi connectivity index (χ0n) is 19.8. The summed E-state index contributed by atoms with van der Waals surface area (Å²) < 4.78 is 27.6. The maximum atomic E-state index is 12.5. The lowest BCUT2D eigenvalue weighted by Gasteiger charge is -2.10. The molecule has 1 aromatic heterocycles. The molecule has 3 aromatic rings. The molecule has 0 atom stereocenters. The summed E-state index contributed by atoms with van der Waals surface area (Å²) in [5.74, 6) is 6.72. The van der Waals surface area contributed by atoms with Crippen LogP contribution in [0, 0.1) is 11.8 Å². The van der Waals surface area contributed by atoms with Gasteiger partial charge in [-0.25, -0.2) is 22.9 Å². The number of carbonyl (C=O) groups excluding carboxylic acids is 1. The number of rotatable bonds is 3. The monoisotopic (exact) mass is 505 g/mol. The number of fused-ring (bicyclic) bond motifs is 4. The topological polar surface area (TPSA) is 137 Å². The third-order valence-electron chi connectivity index (χ3n) is 5.28. The molecule has 1 aliphatic heterocycles. The number of sulfonamides is 1. The molecule has 0 unspecified atom stereocenters. The van der Waals surface area contributed by atoms with Crippen LogP contribution in [0.3, 0.4) is 0 Å². The quantitative estimate of drug-likeness (QED) is 0.345. The van der Waals surface area contributed by atoms with Crippen molar-refractivity contribution < 1.29 is 13.2 Å². The van der Waals surface area contributed by atoms with E-state index in [1.54, 1.807) is 18.3 Å². The molecule has 0 aliphatic carbocycles. The summed E-state index contributed by atoms with van der Waals surface area (Å²) in [6, 6.07) is 13.8. The van der Waals surface area contributed by atoms with Gasteiger partial charge in [-0.2, -0.15) is 4.98 Å². The van der Waals surface area contributed by atoms with E-state index in [2.05, 4.69) is 54.7 Å². The summed E-state index contributed by atoms with van der Waals surface area (Å²) in [7, 11) is -3.61. The van der Waals surface area contributed by atoms with Crippen LogP contribution in [0.1, 0.15) is 24.5 Å². The van der Waals surface area contributed by atoms with E-state index in [4.69, 9.17) is 0 Å². The molecule has 10 nitrogen and oxygen atoms in total. The number of urea groups is 1. The van der Waals surface area contributed by atoms with Gasteiger partial charge in [-0.3, -0.25) is 0 Å². The molecule has 186 valence electrons. The van der Waals surface area contributed by atoms with Gasteiger partial charge in [0.1, 0.15) is 5.82 Å². The van der Waals surface area contributed by atoms with E-state index >= 15 is 0 Å². The maximum absolute atomic E-state index is 12.5. The summed E-state index contributed by atoms with van der Waals surface area (Å²) in [5.41, 5.74) is 2.96. The second-order valence-electron chi connectivity index (χ2n) is 7.95. The lowest BCUT2D eigenvalue weighted by atomic mass is 10.1. The first-order valence-corrected chi connectivity index (χ1v) is 13.0. The van der Waals surface area contributed by atoms with Crippen molar-refractivity contribution in [2.24, 2.45) is 0 Å². The van der Waals surface area contributed by atoms with Crippen LogP contribution in [0.2, 0.25) is 0 Å². The lowest BCUT2D eigenvalue weighted by molar-refractivity contribution is 0.253. The Morgan fingerprint density at radius 3 is 2.86 bits per heavy atom. The number of nitrogens with one attached hydrogen (secondary N) is 5. The van der Waals surface area contributed by atoms with Crippen molar-refractivity contribution in [3.63, 3.8) is 0 Å². The van der Waals surface area contributed by atoms with Crippen molar-refractivity contribution >= 4 is 39.2 Å². The zero-order valence-corrected chi connectivity index (χ0v) is 20.6. The molecule has 36 heavy (non-hydrogen) atoms. The number of hydrogen-bond donors (Lipinski definition) is 5. The molecule has 0 saturated heterocycles. The Balaban J connectivity index is 1.44. The van der Waals surface area contributed by atoms with Crippen LogP contribution in [0.4, 0.5) is 27.9 Å². The van der Waals surface area contributed by atoms with E-state index in [1.165, 1.54) is 12.1 Å². The third-order valence-corrected chi connectivity index (χ3v) is 6.74. The SMILES string of the molecule is CCc1cccc(NC(=O)NCC#Cc2cnc3nc2NCCCNS(=O)(=O)c2cccc(c2)N3)c1. The molecule has 0 fully saturated rings. The summed E-state index contributed by atoms with van der Waals surface area (Å²) in [4.78, 5) is 21.2. The number of benzene rings is 2. The molecule has 0 spiro atoms. The van der Waals surface area contributed by atoms with Crippen LogP contribution >= 0.6 is 0 Å². The van der Waals surface area contributed by atoms with E-state index in [0.717, 1.165) is 17.7 Å². The molecule has 0 saturated carbocycles. The highest BCUT2D eigenvalue weighted by atomic mass is 32.2. The zero-order chi connectivity index (χ0) is 25.4. The van der Waals surface area contributed by atoms with Crippen molar-refractivity contribution in [3.8, 4) is 11.8 Å². The number of aromatic nitrogens is 2. The molecule has 0 radical (unpaired) electrons. The molecule has 2 aromatic carbocycles. The molecule has 4 bridgehead atoms. The molecular formula is C25H27N7O3S. The highest BCUT2D eigenvalue weighted by Crippen LogP contribution is 2.20. The van der Waals surface area contributed by atoms with Gasteiger partial charge < -0.3 is 21.3 Å². The predicted molar refractivity (Wildman–Crippen MR) is 140 cm³/mol. The number of nitrogens with zero attached hydrogens (tertiary/aromatic N) is 2. The Kier molecular flexibility index (Phi) is 7.99. The standard InChI is InChI=1S/C25H27N7O3S/c1-2-18-7-3-9-20(15-18)31-25(33)27-12-5-8-19-17-28-24-30-21-10-4-11-22(16-21)36(34,35)29-14-6-13-26-23(19)32-24/h3-4,7,9-11,15-17,29H,2,6,12-14H2,1H3,(H2,27,31,33)(H2,26,28,30,32). The van der Waals surface area contributed by atoms with Gasteiger partial charge in [0.15, 0.2) is 0 Å². The van der Waals surface area contributed by atoms with Gasteiger partial charge in [-0.1, -0.05) is 37.0 Å². The van der Waals surface area contributed by atoms with Crippen molar-refractivity contribution in [3.05, 3.63) is 65.9 Å². The Morgan fingerprint density at radius 2 is 2.00 bits per heavy atom. The minimum absolute atomic E-state index is 0.132. The van der Waals surface area contributed by atoms with Crippen molar-refractivity contribution in [2.45, 2.75) is 24.7 Å². The molecule has 4 rings (SSSR count). The number of anilines is 4. The maximum Gasteiger partial charge on any atom is 0.319 e. The normalized spacial score (nSPS) is 14.2. The van der Waals surface area contributed by atoms with Gasteiger partial charge in [0.05, 0.1) is 23.2 Å². The largest absolute Gasteiger partial charge is 0.369 e. The summed E-state index contributed by atoms with van der Waals surface area (Å²) in [6.07, 6.45) is 3.01. The number of amides is 2. The summed E-state index contributed by atoms with van der Waals surface area (Å²) >= 11 is 0. The van der Waals surface area contributed by atoms with Gasteiger partial charge >= 0.3 is 6.03 Å². The molecule has 1 aliphatic rings. The molecule has 5 N–H and O–H groups in total. The second kappa shape index (κ2) is 11.5. The van der Waals surface area contributed by atoms with Crippen LogP contribution in [-0.2, 0) is 16.4 Å². The average molecular weight is 506 g/mol. The minimum Gasteiger partial charge on any atom is -0.369 e. The fourth-order valence-corrected chi connectivity index (χ4v) is 4.55. The molecule has 11 heteroatoms. The summed E-state index contributed by atoms with van der Waals surface area (Å²) in [5, 5.41) is 11.7. The van der Waals surface area contributed by atoms with Crippen LogP contribution in [0.5, 0.6) is 0 Å². The van der Waals surface area contributed by atoms with Gasteiger partial charge in [0.2, 0.25) is 16.0 Å². The second-order valence-corrected chi connectivity index (χ2v) is 9.72. The average Bonchev–Trinajstić information content (AvgIpc) is 2.87. The van der Waals surface area contributed by atoms with E-state index in [0.29, 0.717) is 36.0 Å². The lowest BCUT2D eigenvalue weighted by Crippen LogP contribution is -2.28. The van der Waals surface area contributed by atoms with E-state index in [-0.39, 0.29) is 24.0 Å². The highest BCUT2D eigenvalue weighted by molar-refractivity contribution is 7.89. The van der Waals surface area contributed by atoms with Crippen molar-refractivity contribution in [1.29, 1.82) is 0 Å². The molecular weight excluding hydrogens is 478 g/mol. The van der Waals surface area contributed by atoms with Crippen LogP contribution in [0.25, 0.3) is 0 Å². The molecule has 2 amide bonds. The van der Waals surface area contributed by atoms with E-state index in [1.807, 2.05) is 24.3 Å². The van der Waals surface area contributed by atoms with E-state index in [9.17, 15) is 13.2 Å². The number of carbonyl (C=O) groups is 1. The predicted octanol–water partition coefficient (Wildman–Crippen LogP) is 3.05. The summed E-state index contributed by atoms with van der Waals surface area (Å²) in [6.45, 7) is 2.93. The van der Waals surface area contributed by atoms with Gasteiger partial charge in [0, 0.05) is 24.5 Å². The first-order valence-electron chi connectivity index (χ1n) is 11.5. The Labute approximate surface area is 210 Å². The highest BCUT2D eigenvalue weighted by Gasteiger charge is 2.15. The fourth-order valence-electron chi connectivity index (χ4n) is 3.43. The van der Waals surface area contributed by atoms with Crippen molar-refractivity contribution in [1.82, 2.24) is 20.0 Å². The fraction of sp³-hybridized carbons (Fsp3) is 0.240. The number of aryl methyl sites for hydroxylation is 1. The van der Waals surface area contributed by atoms with Crippen LogP contribution in [0.15, 0.2) is 59.6 Å². The third kappa shape index (κ3) is 6.71. The van der Waals surface area contributed by atoms with Gasteiger partial charge in [-0.15, -0.1) is 0 Å². The Morgan fingerprint density at radius 1 is 1.14 bits per heavy atom. The first kappa shape index (κ1) is 25.0. The Hall–Kier alpha value is -4.14. The smallest absolute Gasteiger partial charge is 0.319 e. The van der Waals surface area contributed by atoms with Gasteiger partial charge in [-0.05, 0) is 48.7 Å². The molecule has 2 heterocycles.